The second kappa shape index (κ2) is 6.22. The molecule has 1 amide bonds. The van der Waals surface area contributed by atoms with E-state index in [2.05, 4.69) is 6.07 Å². The molecule has 21 heavy (non-hydrogen) atoms. The SMILES string of the molecule is O=C(/C=C/c1ccccc1F)N1CCCC1c1cccs1. The fraction of sp³-hybridized carbons (Fsp3) is 0.235. The van der Waals surface area contributed by atoms with Gasteiger partial charge in [-0.2, -0.15) is 0 Å². The first-order chi connectivity index (χ1) is 10.3. The van der Waals surface area contributed by atoms with Crippen LogP contribution in [0.2, 0.25) is 0 Å². The van der Waals surface area contributed by atoms with E-state index in [0.29, 0.717) is 5.56 Å². The van der Waals surface area contributed by atoms with Gasteiger partial charge in [-0.05, 0) is 36.4 Å². The molecule has 0 saturated carbocycles. The van der Waals surface area contributed by atoms with Crippen LogP contribution in [0.15, 0.2) is 47.9 Å². The molecule has 1 aliphatic rings. The minimum Gasteiger partial charge on any atom is -0.331 e. The summed E-state index contributed by atoms with van der Waals surface area (Å²) in [5, 5.41) is 2.03. The largest absolute Gasteiger partial charge is 0.331 e. The van der Waals surface area contributed by atoms with E-state index in [9.17, 15) is 9.18 Å². The molecule has 2 nitrogen and oxygen atoms in total. The number of carbonyl (C=O) groups is 1. The Bertz CT molecular complexity index is 651. The van der Waals surface area contributed by atoms with Crippen molar-refractivity contribution in [1.29, 1.82) is 0 Å². The molecule has 2 aromatic rings. The van der Waals surface area contributed by atoms with Gasteiger partial charge in [0.15, 0.2) is 0 Å². The second-order valence-electron chi connectivity index (χ2n) is 5.06. The molecule has 1 aliphatic heterocycles. The highest BCUT2D eigenvalue weighted by atomic mass is 32.1. The third-order valence-corrected chi connectivity index (χ3v) is 4.69. The monoisotopic (exact) mass is 301 g/mol. The first kappa shape index (κ1) is 14.0. The highest BCUT2D eigenvalue weighted by Crippen LogP contribution is 2.34. The van der Waals surface area contributed by atoms with E-state index in [-0.39, 0.29) is 17.8 Å². The number of hydrogen-bond donors (Lipinski definition) is 0. The Labute approximate surface area is 127 Å². The Balaban J connectivity index is 1.74. The summed E-state index contributed by atoms with van der Waals surface area (Å²) in [4.78, 5) is 15.5. The molecule has 1 atom stereocenters. The highest BCUT2D eigenvalue weighted by Gasteiger charge is 2.29. The number of halogens is 1. The van der Waals surface area contributed by atoms with Crippen LogP contribution in [-0.2, 0) is 4.79 Å². The van der Waals surface area contributed by atoms with E-state index in [1.807, 2.05) is 16.3 Å². The van der Waals surface area contributed by atoms with E-state index in [1.165, 1.54) is 17.0 Å². The van der Waals surface area contributed by atoms with Crippen LogP contribution in [0.1, 0.15) is 29.3 Å². The summed E-state index contributed by atoms with van der Waals surface area (Å²) < 4.78 is 13.5. The van der Waals surface area contributed by atoms with Crippen molar-refractivity contribution in [2.75, 3.05) is 6.54 Å². The fourth-order valence-corrected chi connectivity index (χ4v) is 3.55. The highest BCUT2D eigenvalue weighted by molar-refractivity contribution is 7.10. The van der Waals surface area contributed by atoms with Crippen molar-refractivity contribution in [3.8, 4) is 0 Å². The van der Waals surface area contributed by atoms with Gasteiger partial charge >= 0.3 is 0 Å². The average Bonchev–Trinajstić information content (AvgIpc) is 3.16. The molecule has 4 heteroatoms. The summed E-state index contributed by atoms with van der Waals surface area (Å²) in [5.41, 5.74) is 0.442. The van der Waals surface area contributed by atoms with Crippen LogP contribution in [0.4, 0.5) is 4.39 Å². The van der Waals surface area contributed by atoms with Gasteiger partial charge in [0.2, 0.25) is 5.91 Å². The molecule has 1 aromatic heterocycles. The molecule has 3 rings (SSSR count). The van der Waals surface area contributed by atoms with E-state index in [0.717, 1.165) is 19.4 Å². The number of nitrogens with zero attached hydrogens (tertiary/aromatic N) is 1. The molecule has 1 fully saturated rings. The summed E-state index contributed by atoms with van der Waals surface area (Å²) in [7, 11) is 0. The maximum absolute atomic E-state index is 13.5. The Kier molecular flexibility index (Phi) is 4.15. The predicted molar refractivity (Wildman–Crippen MR) is 83.4 cm³/mol. The van der Waals surface area contributed by atoms with Gasteiger partial charge in [-0.3, -0.25) is 4.79 Å². The standard InChI is InChI=1S/C17H16FNOS/c18-14-6-2-1-5-13(14)9-10-17(20)19-11-3-7-15(19)16-8-4-12-21-16/h1-2,4-6,8-10,12,15H,3,7,11H2/b10-9+. The van der Waals surface area contributed by atoms with Gasteiger partial charge in [-0.1, -0.05) is 24.3 Å². The van der Waals surface area contributed by atoms with Crippen LogP contribution < -0.4 is 0 Å². The summed E-state index contributed by atoms with van der Waals surface area (Å²) in [5.74, 6) is -0.355. The quantitative estimate of drug-likeness (QED) is 0.776. The van der Waals surface area contributed by atoms with Crippen molar-refractivity contribution in [3.63, 3.8) is 0 Å². The summed E-state index contributed by atoms with van der Waals surface area (Å²) in [6.45, 7) is 0.767. The van der Waals surface area contributed by atoms with Gasteiger partial charge in [0, 0.05) is 23.1 Å². The van der Waals surface area contributed by atoms with Gasteiger partial charge in [-0.25, -0.2) is 4.39 Å². The summed E-state index contributed by atoms with van der Waals surface area (Å²) in [6.07, 6.45) is 5.05. The Morgan fingerprint density at radius 3 is 2.90 bits per heavy atom. The maximum atomic E-state index is 13.5. The lowest BCUT2D eigenvalue weighted by atomic mass is 10.1. The van der Waals surface area contributed by atoms with Crippen molar-refractivity contribution in [2.24, 2.45) is 0 Å². The van der Waals surface area contributed by atoms with Crippen molar-refractivity contribution in [2.45, 2.75) is 18.9 Å². The summed E-state index contributed by atoms with van der Waals surface area (Å²) >= 11 is 1.68. The predicted octanol–water partition coefficient (Wildman–Crippen LogP) is 4.26. The Morgan fingerprint density at radius 1 is 1.29 bits per heavy atom. The second-order valence-corrected chi connectivity index (χ2v) is 6.04. The van der Waals surface area contributed by atoms with Crippen molar-refractivity contribution in [1.82, 2.24) is 4.90 Å². The van der Waals surface area contributed by atoms with Crippen molar-refractivity contribution < 1.29 is 9.18 Å². The van der Waals surface area contributed by atoms with Gasteiger partial charge in [0.1, 0.15) is 5.82 Å². The van der Waals surface area contributed by atoms with Crippen LogP contribution in [-0.4, -0.2) is 17.4 Å². The number of benzene rings is 1. The third-order valence-electron chi connectivity index (χ3n) is 3.72. The number of carbonyl (C=O) groups excluding carboxylic acids is 1. The molecule has 0 radical (unpaired) electrons. The van der Waals surface area contributed by atoms with Crippen LogP contribution >= 0.6 is 11.3 Å². The van der Waals surface area contributed by atoms with Gasteiger partial charge in [0.25, 0.3) is 0 Å². The molecule has 108 valence electrons. The molecular formula is C17H16FNOS. The number of hydrogen-bond acceptors (Lipinski definition) is 2. The molecule has 1 aromatic carbocycles. The molecule has 1 saturated heterocycles. The normalized spacial score (nSPS) is 18.5. The maximum Gasteiger partial charge on any atom is 0.247 e. The van der Waals surface area contributed by atoms with E-state index < -0.39 is 0 Å². The molecule has 1 unspecified atom stereocenters. The number of thiophene rings is 1. The lowest BCUT2D eigenvalue weighted by molar-refractivity contribution is -0.126. The lowest BCUT2D eigenvalue weighted by Crippen LogP contribution is -2.28. The van der Waals surface area contributed by atoms with Crippen LogP contribution in [0.3, 0.4) is 0 Å². The average molecular weight is 301 g/mol. The van der Waals surface area contributed by atoms with Gasteiger partial charge in [0.05, 0.1) is 6.04 Å². The van der Waals surface area contributed by atoms with E-state index >= 15 is 0 Å². The molecule has 0 spiro atoms. The molecule has 2 heterocycles. The lowest BCUT2D eigenvalue weighted by Gasteiger charge is -2.22. The van der Waals surface area contributed by atoms with E-state index in [4.69, 9.17) is 0 Å². The van der Waals surface area contributed by atoms with Crippen LogP contribution in [0.5, 0.6) is 0 Å². The zero-order chi connectivity index (χ0) is 14.7. The topological polar surface area (TPSA) is 20.3 Å². The van der Waals surface area contributed by atoms with Crippen molar-refractivity contribution >= 4 is 23.3 Å². The first-order valence-corrected chi connectivity index (χ1v) is 7.90. The summed E-state index contributed by atoms with van der Waals surface area (Å²) in [6, 6.07) is 10.7. The molecule has 0 bridgehead atoms. The fourth-order valence-electron chi connectivity index (χ4n) is 2.67. The van der Waals surface area contributed by atoms with Gasteiger partial charge in [-0.15, -0.1) is 11.3 Å². The van der Waals surface area contributed by atoms with Crippen LogP contribution in [0, 0.1) is 5.82 Å². The van der Waals surface area contributed by atoms with Crippen molar-refractivity contribution in [3.05, 3.63) is 64.1 Å². The number of amides is 1. The zero-order valence-electron chi connectivity index (χ0n) is 11.5. The Hall–Kier alpha value is -1.94. The van der Waals surface area contributed by atoms with Crippen LogP contribution in [0.25, 0.3) is 6.08 Å². The zero-order valence-corrected chi connectivity index (χ0v) is 12.4. The first-order valence-electron chi connectivity index (χ1n) is 7.02. The Morgan fingerprint density at radius 2 is 2.14 bits per heavy atom. The van der Waals surface area contributed by atoms with Gasteiger partial charge < -0.3 is 4.90 Å². The number of rotatable bonds is 3. The molecule has 0 aliphatic carbocycles. The third kappa shape index (κ3) is 3.05. The minimum absolute atomic E-state index is 0.0471. The smallest absolute Gasteiger partial charge is 0.247 e. The minimum atomic E-state index is -0.308. The van der Waals surface area contributed by atoms with E-state index in [1.54, 1.807) is 35.6 Å². The molecule has 0 N–H and O–H groups in total. The molecular weight excluding hydrogens is 285 g/mol. The number of likely N-dealkylation sites (tertiary alicyclic amines) is 1.